The van der Waals surface area contributed by atoms with E-state index in [-0.39, 0.29) is 12.5 Å². The number of nitrogens with zero attached hydrogens (tertiary/aromatic N) is 3. The van der Waals surface area contributed by atoms with Crippen LogP contribution in [0.1, 0.15) is 10.6 Å². The van der Waals surface area contributed by atoms with E-state index in [4.69, 9.17) is 4.74 Å². The summed E-state index contributed by atoms with van der Waals surface area (Å²) in [6.45, 7) is 0.566. The van der Waals surface area contributed by atoms with Crippen molar-refractivity contribution in [3.63, 3.8) is 0 Å². The molecule has 23 heavy (non-hydrogen) atoms. The summed E-state index contributed by atoms with van der Waals surface area (Å²) in [6, 6.07) is 17.2. The predicted octanol–water partition coefficient (Wildman–Crippen LogP) is 2.82. The van der Waals surface area contributed by atoms with Crippen molar-refractivity contribution in [1.82, 2.24) is 14.5 Å². The molecule has 0 saturated heterocycles. The monoisotopic (exact) mass is 309 g/mol. The van der Waals surface area contributed by atoms with Gasteiger partial charge in [-0.2, -0.15) is 0 Å². The van der Waals surface area contributed by atoms with Crippen LogP contribution < -0.4 is 4.74 Å². The van der Waals surface area contributed by atoms with Gasteiger partial charge in [0.2, 0.25) is 5.91 Å². The van der Waals surface area contributed by atoms with Gasteiger partial charge in [0.25, 0.3) is 0 Å². The first-order valence-electron chi connectivity index (χ1n) is 7.47. The molecule has 0 fully saturated rings. The molecule has 0 atom stereocenters. The Hall–Kier alpha value is -2.66. The van der Waals surface area contributed by atoms with Crippen LogP contribution in [0.3, 0.4) is 0 Å². The van der Waals surface area contributed by atoms with Crippen LogP contribution in [-0.4, -0.2) is 41.0 Å². The lowest BCUT2D eigenvalue weighted by molar-refractivity contribution is 0.0873. The van der Waals surface area contributed by atoms with E-state index in [1.807, 2.05) is 73.6 Å². The van der Waals surface area contributed by atoms with Crippen molar-refractivity contribution in [3.8, 4) is 5.75 Å². The molecule has 1 aromatic heterocycles. The van der Waals surface area contributed by atoms with Gasteiger partial charge in [0.15, 0.2) is 5.82 Å². The third-order valence-electron chi connectivity index (χ3n) is 3.44. The first-order chi connectivity index (χ1) is 11.1. The second-order valence-electron chi connectivity index (χ2n) is 5.59. The molecular formula is C18H19N3O2. The Labute approximate surface area is 135 Å². The Morgan fingerprint density at radius 2 is 1.78 bits per heavy atom. The first kappa shape index (κ1) is 15.2. The van der Waals surface area contributed by atoms with Crippen molar-refractivity contribution in [1.29, 1.82) is 0 Å². The van der Waals surface area contributed by atoms with Crippen LogP contribution in [0.2, 0.25) is 0 Å². The number of carbonyl (C=O) groups is 1. The fourth-order valence-corrected chi connectivity index (χ4v) is 2.46. The van der Waals surface area contributed by atoms with E-state index in [1.54, 1.807) is 4.57 Å². The largest absolute Gasteiger partial charge is 0.486 e. The molecule has 3 aromatic rings. The van der Waals surface area contributed by atoms with Crippen LogP contribution in [0.5, 0.6) is 5.75 Å². The summed E-state index contributed by atoms with van der Waals surface area (Å²) in [5.41, 5.74) is 1.61. The number of fused-ring (bicyclic) bond motifs is 1. The number of para-hydroxylation sites is 3. The summed E-state index contributed by atoms with van der Waals surface area (Å²) in [6.07, 6.45) is 0. The van der Waals surface area contributed by atoms with Gasteiger partial charge in [-0.05, 0) is 38.4 Å². The van der Waals surface area contributed by atoms with E-state index >= 15 is 0 Å². The van der Waals surface area contributed by atoms with Crippen molar-refractivity contribution >= 4 is 16.9 Å². The van der Waals surface area contributed by atoms with Crippen LogP contribution in [0, 0.1) is 0 Å². The summed E-state index contributed by atoms with van der Waals surface area (Å²) in [5.74, 6) is 1.35. The van der Waals surface area contributed by atoms with E-state index in [9.17, 15) is 4.79 Å². The van der Waals surface area contributed by atoms with E-state index in [2.05, 4.69) is 4.98 Å². The Morgan fingerprint density at radius 1 is 1.09 bits per heavy atom. The first-order valence-corrected chi connectivity index (χ1v) is 7.47. The van der Waals surface area contributed by atoms with Gasteiger partial charge in [-0.1, -0.05) is 30.3 Å². The number of aromatic nitrogens is 2. The average Bonchev–Trinajstić information content (AvgIpc) is 2.91. The van der Waals surface area contributed by atoms with Gasteiger partial charge in [-0.25, -0.2) is 4.98 Å². The highest BCUT2D eigenvalue weighted by Gasteiger charge is 2.17. The molecule has 118 valence electrons. The van der Waals surface area contributed by atoms with Crippen molar-refractivity contribution in [2.24, 2.45) is 0 Å². The van der Waals surface area contributed by atoms with Crippen molar-refractivity contribution in [3.05, 3.63) is 60.4 Å². The molecule has 0 aliphatic heterocycles. The third-order valence-corrected chi connectivity index (χ3v) is 3.44. The number of ether oxygens (including phenoxy) is 1. The zero-order chi connectivity index (χ0) is 16.2. The van der Waals surface area contributed by atoms with Crippen molar-refractivity contribution in [2.45, 2.75) is 6.61 Å². The number of imidazole rings is 1. The molecule has 0 radical (unpaired) electrons. The molecule has 0 bridgehead atoms. The fraction of sp³-hybridized carbons (Fsp3) is 0.222. The molecule has 2 aromatic carbocycles. The Kier molecular flexibility index (Phi) is 4.39. The number of likely N-dealkylation sites (N-methyl/N-ethyl adjacent to an activating group) is 1. The third kappa shape index (κ3) is 3.40. The average molecular weight is 309 g/mol. The molecule has 3 rings (SSSR count). The van der Waals surface area contributed by atoms with Crippen molar-refractivity contribution < 1.29 is 9.53 Å². The second-order valence-corrected chi connectivity index (χ2v) is 5.59. The molecule has 0 aliphatic carbocycles. The minimum absolute atomic E-state index is 0.0182. The molecule has 0 saturated carbocycles. The fourth-order valence-electron chi connectivity index (χ4n) is 2.46. The Bertz CT molecular complexity index is 810. The quantitative estimate of drug-likeness (QED) is 0.727. The highest BCUT2D eigenvalue weighted by atomic mass is 16.5. The zero-order valence-corrected chi connectivity index (χ0v) is 13.3. The predicted molar refractivity (Wildman–Crippen MR) is 89.7 cm³/mol. The smallest absolute Gasteiger partial charge is 0.246 e. The van der Waals surface area contributed by atoms with E-state index in [0.717, 1.165) is 16.8 Å². The minimum Gasteiger partial charge on any atom is -0.486 e. The van der Waals surface area contributed by atoms with Gasteiger partial charge in [0.05, 0.1) is 17.6 Å². The topological polar surface area (TPSA) is 47.4 Å². The molecule has 0 aliphatic rings. The normalized spacial score (nSPS) is 11.1. The van der Waals surface area contributed by atoms with Crippen LogP contribution in [0.25, 0.3) is 11.0 Å². The number of benzene rings is 2. The number of rotatable bonds is 5. The lowest BCUT2D eigenvalue weighted by atomic mass is 10.3. The van der Waals surface area contributed by atoms with Gasteiger partial charge >= 0.3 is 0 Å². The molecule has 0 amide bonds. The molecule has 1 heterocycles. The number of carbonyl (C=O) groups excluding carboxylic acids is 1. The van der Waals surface area contributed by atoms with Crippen LogP contribution in [-0.2, 0) is 6.61 Å². The van der Waals surface area contributed by atoms with Gasteiger partial charge in [0.1, 0.15) is 12.4 Å². The van der Waals surface area contributed by atoms with Crippen LogP contribution >= 0.6 is 0 Å². The SMILES string of the molecule is CN(C)CC(=O)n1c(COc2ccccc2)nc2ccccc21. The van der Waals surface area contributed by atoms with Gasteiger partial charge in [0, 0.05) is 0 Å². The summed E-state index contributed by atoms with van der Waals surface area (Å²) in [4.78, 5) is 19.0. The summed E-state index contributed by atoms with van der Waals surface area (Å²) in [5, 5.41) is 0. The highest BCUT2D eigenvalue weighted by molar-refractivity contribution is 5.92. The molecule has 5 nitrogen and oxygen atoms in total. The van der Waals surface area contributed by atoms with Gasteiger partial charge in [-0.3, -0.25) is 9.36 Å². The molecular weight excluding hydrogens is 290 g/mol. The Morgan fingerprint density at radius 3 is 2.52 bits per heavy atom. The van der Waals surface area contributed by atoms with Gasteiger partial charge < -0.3 is 9.64 Å². The summed E-state index contributed by atoms with van der Waals surface area (Å²) in [7, 11) is 3.74. The lowest BCUT2D eigenvalue weighted by Crippen LogP contribution is -2.27. The maximum atomic E-state index is 12.6. The Balaban J connectivity index is 1.93. The molecule has 0 spiro atoms. The molecule has 5 heteroatoms. The maximum absolute atomic E-state index is 12.6. The number of hydrogen-bond donors (Lipinski definition) is 0. The number of hydrogen-bond acceptors (Lipinski definition) is 4. The zero-order valence-electron chi connectivity index (χ0n) is 13.3. The van der Waals surface area contributed by atoms with Crippen molar-refractivity contribution in [2.75, 3.05) is 20.6 Å². The van der Waals surface area contributed by atoms with Crippen LogP contribution in [0.4, 0.5) is 0 Å². The summed E-state index contributed by atoms with van der Waals surface area (Å²) < 4.78 is 7.42. The maximum Gasteiger partial charge on any atom is 0.246 e. The standard InChI is InChI=1S/C18H19N3O2/c1-20(2)12-18(22)21-16-11-7-6-10-15(16)19-17(21)13-23-14-8-4-3-5-9-14/h3-11H,12-13H2,1-2H3. The van der Waals surface area contributed by atoms with Crippen LogP contribution in [0.15, 0.2) is 54.6 Å². The van der Waals surface area contributed by atoms with E-state index in [1.165, 1.54) is 0 Å². The van der Waals surface area contributed by atoms with E-state index < -0.39 is 0 Å². The van der Waals surface area contributed by atoms with Gasteiger partial charge in [-0.15, -0.1) is 0 Å². The highest BCUT2D eigenvalue weighted by Crippen LogP contribution is 2.18. The minimum atomic E-state index is -0.0182. The summed E-state index contributed by atoms with van der Waals surface area (Å²) >= 11 is 0. The molecule has 0 N–H and O–H groups in total. The molecule has 0 unspecified atom stereocenters. The lowest BCUT2D eigenvalue weighted by Gasteiger charge is -2.12. The second kappa shape index (κ2) is 6.62. The van der Waals surface area contributed by atoms with E-state index in [0.29, 0.717) is 12.4 Å².